The van der Waals surface area contributed by atoms with E-state index in [2.05, 4.69) is 4.98 Å². The van der Waals surface area contributed by atoms with Gasteiger partial charge in [0.15, 0.2) is 5.82 Å². The molecule has 0 radical (unpaired) electrons. The molecule has 0 aliphatic heterocycles. The first-order chi connectivity index (χ1) is 9.54. The van der Waals surface area contributed by atoms with Crippen molar-refractivity contribution in [2.45, 2.75) is 13.0 Å². The fraction of sp³-hybridized carbons (Fsp3) is 0.200. The molecule has 0 fully saturated rings. The Hall–Kier alpha value is -2.25. The highest BCUT2D eigenvalue weighted by Crippen LogP contribution is 2.31. The van der Waals surface area contributed by atoms with Crippen molar-refractivity contribution in [3.63, 3.8) is 0 Å². The Balaban J connectivity index is 2.34. The van der Waals surface area contributed by atoms with E-state index in [1.165, 1.54) is 6.20 Å². The van der Waals surface area contributed by atoms with E-state index >= 15 is 0 Å². The lowest BCUT2D eigenvalue weighted by molar-refractivity contribution is 0.730. The summed E-state index contributed by atoms with van der Waals surface area (Å²) in [7, 11) is 1.90. The maximum Gasteiger partial charge on any atom is 0.152 e. The third kappa shape index (κ3) is 2.68. The van der Waals surface area contributed by atoms with Crippen molar-refractivity contribution in [1.29, 1.82) is 5.26 Å². The van der Waals surface area contributed by atoms with E-state index in [9.17, 15) is 0 Å². The zero-order valence-corrected chi connectivity index (χ0v) is 12.1. The smallest absolute Gasteiger partial charge is 0.152 e. The fourth-order valence-corrected chi connectivity index (χ4v) is 2.33. The van der Waals surface area contributed by atoms with Crippen molar-refractivity contribution in [1.82, 2.24) is 4.98 Å². The summed E-state index contributed by atoms with van der Waals surface area (Å²) in [4.78, 5) is 6.20. The van der Waals surface area contributed by atoms with Gasteiger partial charge < -0.3 is 10.6 Å². The number of hydrogen-bond donors (Lipinski definition) is 1. The van der Waals surface area contributed by atoms with Crippen LogP contribution in [0.25, 0.3) is 0 Å². The average Bonchev–Trinajstić information content (AvgIpc) is 2.46. The van der Waals surface area contributed by atoms with Crippen molar-refractivity contribution in [2.24, 2.45) is 0 Å². The minimum Gasteiger partial charge on any atom is -0.396 e. The Labute approximate surface area is 123 Å². The second-order valence-corrected chi connectivity index (χ2v) is 4.96. The number of hydrogen-bond acceptors (Lipinski definition) is 4. The third-order valence-electron chi connectivity index (χ3n) is 3.29. The molecule has 5 heteroatoms. The first kappa shape index (κ1) is 14.2. The van der Waals surface area contributed by atoms with Gasteiger partial charge in [0, 0.05) is 18.3 Å². The van der Waals surface area contributed by atoms with E-state index in [0.717, 1.165) is 5.56 Å². The van der Waals surface area contributed by atoms with Gasteiger partial charge in [-0.05, 0) is 24.6 Å². The van der Waals surface area contributed by atoms with E-state index in [1.807, 2.05) is 49.2 Å². The second-order valence-electron chi connectivity index (χ2n) is 4.56. The molecule has 1 aromatic heterocycles. The maximum atomic E-state index is 8.84. The molecule has 0 aliphatic rings. The number of nitrogens with two attached hydrogens (primary N) is 1. The van der Waals surface area contributed by atoms with Crippen LogP contribution >= 0.6 is 11.6 Å². The zero-order chi connectivity index (χ0) is 14.7. The molecule has 102 valence electrons. The lowest BCUT2D eigenvalue weighted by atomic mass is 10.1. The van der Waals surface area contributed by atoms with Gasteiger partial charge >= 0.3 is 0 Å². The van der Waals surface area contributed by atoms with Crippen LogP contribution in [0.5, 0.6) is 0 Å². The molecular weight excluding hydrogens is 272 g/mol. The first-order valence-electron chi connectivity index (χ1n) is 6.17. The molecule has 0 saturated carbocycles. The van der Waals surface area contributed by atoms with E-state index < -0.39 is 0 Å². The molecule has 20 heavy (non-hydrogen) atoms. The van der Waals surface area contributed by atoms with Gasteiger partial charge in [0.25, 0.3) is 0 Å². The number of pyridine rings is 1. The molecule has 0 aliphatic carbocycles. The first-order valence-corrected chi connectivity index (χ1v) is 6.55. The van der Waals surface area contributed by atoms with Gasteiger partial charge in [0.2, 0.25) is 0 Å². The van der Waals surface area contributed by atoms with Crippen molar-refractivity contribution < 1.29 is 0 Å². The Kier molecular flexibility index (Phi) is 4.11. The summed E-state index contributed by atoms with van der Waals surface area (Å²) < 4.78 is 0. The van der Waals surface area contributed by atoms with Gasteiger partial charge in [-0.1, -0.05) is 29.8 Å². The van der Waals surface area contributed by atoms with Crippen LogP contribution in [0.2, 0.25) is 5.02 Å². The number of nitrogen functional groups attached to an aromatic ring is 1. The van der Waals surface area contributed by atoms with Crippen LogP contribution in [-0.4, -0.2) is 12.0 Å². The van der Waals surface area contributed by atoms with E-state index in [4.69, 9.17) is 22.6 Å². The summed E-state index contributed by atoms with van der Waals surface area (Å²) in [5, 5.41) is 9.55. The van der Waals surface area contributed by atoms with Crippen molar-refractivity contribution >= 4 is 23.1 Å². The van der Waals surface area contributed by atoms with E-state index in [-0.39, 0.29) is 6.04 Å². The molecule has 1 aromatic carbocycles. The summed E-state index contributed by atoms with van der Waals surface area (Å²) in [5.41, 5.74) is 7.89. The number of halogens is 1. The Bertz CT molecular complexity index is 663. The summed E-state index contributed by atoms with van der Waals surface area (Å²) in [6, 6.07) is 11.3. The van der Waals surface area contributed by atoms with Crippen molar-refractivity contribution in [3.8, 4) is 6.07 Å². The summed E-state index contributed by atoms with van der Waals surface area (Å²) >= 11 is 6.22. The topological polar surface area (TPSA) is 65.9 Å². The molecule has 0 bridgehead atoms. The number of benzene rings is 1. The largest absolute Gasteiger partial charge is 0.396 e. The van der Waals surface area contributed by atoms with Crippen LogP contribution in [0.15, 0.2) is 36.5 Å². The molecule has 2 aromatic rings. The normalized spacial score (nSPS) is 11.7. The SMILES string of the molecule is CC(c1ccccc1Cl)N(C)c1ncc(C#N)cc1N. The van der Waals surface area contributed by atoms with Gasteiger partial charge in [-0.3, -0.25) is 0 Å². The Morgan fingerprint density at radius 1 is 1.40 bits per heavy atom. The summed E-state index contributed by atoms with van der Waals surface area (Å²) in [5.74, 6) is 0.636. The van der Waals surface area contributed by atoms with E-state index in [0.29, 0.717) is 22.1 Å². The Morgan fingerprint density at radius 3 is 2.70 bits per heavy atom. The zero-order valence-electron chi connectivity index (χ0n) is 11.3. The molecule has 1 unspecified atom stereocenters. The van der Waals surface area contributed by atoms with Crippen molar-refractivity contribution in [2.75, 3.05) is 17.7 Å². The Morgan fingerprint density at radius 2 is 2.10 bits per heavy atom. The molecule has 1 atom stereocenters. The van der Waals surface area contributed by atoms with Gasteiger partial charge in [0.1, 0.15) is 6.07 Å². The van der Waals surface area contributed by atoms with Crippen molar-refractivity contribution in [3.05, 3.63) is 52.7 Å². The molecule has 0 amide bonds. The van der Waals surface area contributed by atoms with Crippen LogP contribution in [-0.2, 0) is 0 Å². The van der Waals surface area contributed by atoms with Gasteiger partial charge in [-0.2, -0.15) is 5.26 Å². The minimum absolute atomic E-state index is 0.0198. The highest BCUT2D eigenvalue weighted by atomic mass is 35.5. The predicted molar refractivity (Wildman–Crippen MR) is 81.6 cm³/mol. The fourth-order valence-electron chi connectivity index (χ4n) is 2.04. The maximum absolute atomic E-state index is 8.84. The number of rotatable bonds is 3. The van der Waals surface area contributed by atoms with Crippen LogP contribution < -0.4 is 10.6 Å². The lowest BCUT2D eigenvalue weighted by Gasteiger charge is -2.28. The van der Waals surface area contributed by atoms with Crippen LogP contribution in [0, 0.1) is 11.3 Å². The van der Waals surface area contributed by atoms with Crippen LogP contribution in [0.1, 0.15) is 24.1 Å². The number of aromatic nitrogens is 1. The quantitative estimate of drug-likeness (QED) is 0.939. The van der Waals surface area contributed by atoms with Crippen LogP contribution in [0.4, 0.5) is 11.5 Å². The standard InChI is InChI=1S/C15H15ClN4/c1-10(12-5-3-4-6-13(12)16)20(2)15-14(18)7-11(8-17)9-19-15/h3-7,9-10H,18H2,1-2H3. The van der Waals surface area contributed by atoms with Gasteiger partial charge in [-0.25, -0.2) is 4.98 Å². The number of anilines is 2. The summed E-state index contributed by atoms with van der Waals surface area (Å²) in [6.45, 7) is 2.03. The average molecular weight is 287 g/mol. The lowest BCUT2D eigenvalue weighted by Crippen LogP contribution is -2.24. The second kappa shape index (κ2) is 5.81. The molecule has 0 saturated heterocycles. The molecule has 4 nitrogen and oxygen atoms in total. The number of nitriles is 1. The molecule has 0 spiro atoms. The number of nitrogens with zero attached hydrogens (tertiary/aromatic N) is 3. The van der Waals surface area contributed by atoms with Gasteiger partial charge in [-0.15, -0.1) is 0 Å². The third-order valence-corrected chi connectivity index (χ3v) is 3.64. The van der Waals surface area contributed by atoms with Crippen LogP contribution in [0.3, 0.4) is 0 Å². The molecular formula is C15H15ClN4. The minimum atomic E-state index is 0.0198. The monoisotopic (exact) mass is 286 g/mol. The van der Waals surface area contributed by atoms with E-state index in [1.54, 1.807) is 6.07 Å². The molecule has 2 rings (SSSR count). The highest BCUT2D eigenvalue weighted by Gasteiger charge is 2.18. The molecule has 1 heterocycles. The molecule has 2 N–H and O–H groups in total. The summed E-state index contributed by atoms with van der Waals surface area (Å²) in [6.07, 6.45) is 1.52. The van der Waals surface area contributed by atoms with Gasteiger partial charge in [0.05, 0.1) is 17.3 Å². The highest BCUT2D eigenvalue weighted by molar-refractivity contribution is 6.31. The predicted octanol–water partition coefficient (Wildman–Crippen LogP) is 3.39.